The number of carbonyl (C=O) groups excluding carboxylic acids is 1. The van der Waals surface area contributed by atoms with Crippen molar-refractivity contribution in [2.45, 2.75) is 44.3 Å². The molecule has 1 aromatic carbocycles. The first-order valence-electron chi connectivity index (χ1n) is 6.83. The maximum Gasteiger partial charge on any atom is 0.230 e. The molecule has 1 aliphatic rings. The molecule has 0 bridgehead atoms. The Bertz CT molecular complexity index is 619. The van der Waals surface area contributed by atoms with Crippen molar-refractivity contribution in [2.24, 2.45) is 11.3 Å². The van der Waals surface area contributed by atoms with Crippen molar-refractivity contribution in [3.63, 3.8) is 0 Å². The van der Waals surface area contributed by atoms with Gasteiger partial charge in [0.25, 0.3) is 0 Å². The molecule has 0 spiro atoms. The van der Waals surface area contributed by atoms with E-state index in [-0.39, 0.29) is 16.2 Å². The summed E-state index contributed by atoms with van der Waals surface area (Å²) in [5, 5.41) is 2.40. The Morgan fingerprint density at radius 1 is 1.30 bits per heavy atom. The van der Waals surface area contributed by atoms with Crippen LogP contribution in [0, 0.1) is 11.3 Å². The molecule has 1 aliphatic carbocycles. The number of sulfone groups is 1. The van der Waals surface area contributed by atoms with Gasteiger partial charge in [-0.25, -0.2) is 8.42 Å². The summed E-state index contributed by atoms with van der Waals surface area (Å²) in [5.74, 6) is 0.410. The predicted molar refractivity (Wildman–Crippen MR) is 79.3 cm³/mol. The van der Waals surface area contributed by atoms with Crippen LogP contribution in [0.25, 0.3) is 0 Å². The lowest BCUT2D eigenvalue weighted by atomic mass is 10.1. The molecule has 110 valence electrons. The molecule has 0 saturated heterocycles. The topological polar surface area (TPSA) is 63.2 Å². The first-order valence-corrected chi connectivity index (χ1v) is 8.38. The molecule has 2 unspecified atom stereocenters. The standard InChI is InChI=1S/C15H21NO3S/c1-10(2)20(18,19)13-7-5-12(6-8-13)16-14(17)15(4)9-11(15)3/h5-8,10-11H,9H2,1-4H3,(H,16,17). The highest BCUT2D eigenvalue weighted by Crippen LogP contribution is 2.52. The van der Waals surface area contributed by atoms with Crippen molar-refractivity contribution >= 4 is 21.4 Å². The summed E-state index contributed by atoms with van der Waals surface area (Å²) in [6, 6.07) is 6.38. The van der Waals surface area contributed by atoms with Crippen LogP contribution in [-0.2, 0) is 14.6 Å². The third-order valence-corrected chi connectivity index (χ3v) is 6.41. The van der Waals surface area contributed by atoms with Crippen LogP contribution >= 0.6 is 0 Å². The van der Waals surface area contributed by atoms with Gasteiger partial charge >= 0.3 is 0 Å². The molecule has 0 aromatic heterocycles. The van der Waals surface area contributed by atoms with E-state index in [2.05, 4.69) is 12.2 Å². The molecule has 1 fully saturated rings. The summed E-state index contributed by atoms with van der Waals surface area (Å²) in [6.45, 7) is 7.31. The van der Waals surface area contributed by atoms with Crippen molar-refractivity contribution in [3.8, 4) is 0 Å². The minimum Gasteiger partial charge on any atom is -0.326 e. The van der Waals surface area contributed by atoms with Gasteiger partial charge in [0.15, 0.2) is 9.84 Å². The van der Waals surface area contributed by atoms with Gasteiger partial charge in [0.05, 0.1) is 10.1 Å². The van der Waals surface area contributed by atoms with E-state index < -0.39 is 15.1 Å². The maximum absolute atomic E-state index is 12.1. The highest BCUT2D eigenvalue weighted by atomic mass is 32.2. The molecule has 20 heavy (non-hydrogen) atoms. The summed E-state index contributed by atoms with van der Waals surface area (Å²) in [7, 11) is -3.26. The molecule has 1 aromatic rings. The number of rotatable bonds is 4. The van der Waals surface area contributed by atoms with Gasteiger partial charge in [-0.1, -0.05) is 13.8 Å². The molecule has 1 N–H and O–H groups in total. The number of anilines is 1. The van der Waals surface area contributed by atoms with Crippen LogP contribution in [0.5, 0.6) is 0 Å². The Balaban J connectivity index is 2.12. The number of hydrogen-bond acceptors (Lipinski definition) is 3. The molecule has 5 heteroatoms. The molecular weight excluding hydrogens is 274 g/mol. The third kappa shape index (κ3) is 2.59. The molecule has 4 nitrogen and oxygen atoms in total. The van der Waals surface area contributed by atoms with Gasteiger partial charge < -0.3 is 5.32 Å². The van der Waals surface area contributed by atoms with Crippen LogP contribution < -0.4 is 5.32 Å². The van der Waals surface area contributed by atoms with Crippen LogP contribution in [0.4, 0.5) is 5.69 Å². The zero-order chi connectivity index (χ0) is 15.1. The fourth-order valence-electron chi connectivity index (χ4n) is 2.17. The lowest BCUT2D eigenvalue weighted by Gasteiger charge is -2.12. The second kappa shape index (κ2) is 4.88. The highest BCUT2D eigenvalue weighted by molar-refractivity contribution is 7.92. The van der Waals surface area contributed by atoms with E-state index in [0.717, 1.165) is 6.42 Å². The molecule has 2 rings (SSSR count). The predicted octanol–water partition coefficient (Wildman–Crippen LogP) is 2.85. The molecule has 1 saturated carbocycles. The van der Waals surface area contributed by atoms with Crippen molar-refractivity contribution in [2.75, 3.05) is 5.32 Å². The number of hydrogen-bond donors (Lipinski definition) is 1. The first kappa shape index (κ1) is 15.0. The quantitative estimate of drug-likeness (QED) is 0.929. The molecular formula is C15H21NO3S. The fraction of sp³-hybridized carbons (Fsp3) is 0.533. The second-order valence-electron chi connectivity index (χ2n) is 6.09. The van der Waals surface area contributed by atoms with Crippen LogP contribution in [0.3, 0.4) is 0 Å². The van der Waals surface area contributed by atoms with E-state index in [0.29, 0.717) is 11.6 Å². The van der Waals surface area contributed by atoms with E-state index in [1.807, 2.05) is 6.92 Å². The molecule has 1 amide bonds. The Hall–Kier alpha value is -1.36. The third-order valence-electron chi connectivity index (χ3n) is 4.24. The fourth-order valence-corrected chi connectivity index (χ4v) is 3.23. The van der Waals surface area contributed by atoms with Gasteiger partial charge in [0, 0.05) is 11.1 Å². The first-order chi connectivity index (χ1) is 9.18. The SMILES string of the molecule is CC1CC1(C)C(=O)Nc1ccc(S(=O)(=O)C(C)C)cc1. The average molecular weight is 295 g/mol. The van der Waals surface area contributed by atoms with E-state index in [1.54, 1.807) is 38.1 Å². The summed E-state index contributed by atoms with van der Waals surface area (Å²) >= 11 is 0. The Morgan fingerprint density at radius 2 is 1.80 bits per heavy atom. The number of amides is 1. The smallest absolute Gasteiger partial charge is 0.230 e. The zero-order valence-electron chi connectivity index (χ0n) is 12.3. The van der Waals surface area contributed by atoms with Crippen LogP contribution in [0.2, 0.25) is 0 Å². The van der Waals surface area contributed by atoms with Crippen molar-refractivity contribution in [1.29, 1.82) is 0 Å². The van der Waals surface area contributed by atoms with Gasteiger partial charge in [-0.05, 0) is 50.5 Å². The second-order valence-corrected chi connectivity index (χ2v) is 8.60. The van der Waals surface area contributed by atoms with E-state index in [1.165, 1.54) is 0 Å². The zero-order valence-corrected chi connectivity index (χ0v) is 13.1. The Morgan fingerprint density at radius 3 is 2.20 bits per heavy atom. The van der Waals surface area contributed by atoms with Gasteiger partial charge in [-0.15, -0.1) is 0 Å². The monoisotopic (exact) mass is 295 g/mol. The molecule has 2 atom stereocenters. The lowest BCUT2D eigenvalue weighted by molar-refractivity contribution is -0.121. The highest BCUT2D eigenvalue weighted by Gasteiger charge is 2.52. The summed E-state index contributed by atoms with van der Waals surface area (Å²) < 4.78 is 24.0. The minimum absolute atomic E-state index is 0.00414. The minimum atomic E-state index is -3.26. The van der Waals surface area contributed by atoms with Crippen LogP contribution in [0.1, 0.15) is 34.1 Å². The number of carbonyl (C=O) groups is 1. The summed E-state index contributed by atoms with van der Waals surface area (Å²) in [6.07, 6.45) is 0.901. The van der Waals surface area contributed by atoms with Gasteiger partial charge in [0.2, 0.25) is 5.91 Å². The van der Waals surface area contributed by atoms with E-state index in [4.69, 9.17) is 0 Å². The molecule has 0 aliphatic heterocycles. The average Bonchev–Trinajstić information content (AvgIpc) is 2.99. The number of benzene rings is 1. The maximum atomic E-state index is 12.1. The van der Waals surface area contributed by atoms with Crippen molar-refractivity contribution in [3.05, 3.63) is 24.3 Å². The lowest BCUT2D eigenvalue weighted by Crippen LogP contribution is -2.23. The van der Waals surface area contributed by atoms with Crippen molar-refractivity contribution < 1.29 is 13.2 Å². The number of nitrogens with one attached hydrogen (secondary N) is 1. The van der Waals surface area contributed by atoms with E-state index >= 15 is 0 Å². The van der Waals surface area contributed by atoms with Gasteiger partial charge in [0.1, 0.15) is 0 Å². The molecule has 0 radical (unpaired) electrons. The Kier molecular flexibility index (Phi) is 3.67. The summed E-state index contributed by atoms with van der Waals surface area (Å²) in [4.78, 5) is 12.4. The van der Waals surface area contributed by atoms with Crippen LogP contribution in [0.15, 0.2) is 29.2 Å². The summed E-state index contributed by atoms with van der Waals surface area (Å²) in [5.41, 5.74) is 0.362. The molecule has 0 heterocycles. The largest absolute Gasteiger partial charge is 0.326 e. The van der Waals surface area contributed by atoms with Crippen LogP contribution in [-0.4, -0.2) is 19.6 Å². The Labute approximate surface area is 120 Å². The van der Waals surface area contributed by atoms with E-state index in [9.17, 15) is 13.2 Å². The van der Waals surface area contributed by atoms with Gasteiger partial charge in [-0.3, -0.25) is 4.79 Å². The normalized spacial score (nSPS) is 25.6. The van der Waals surface area contributed by atoms with Gasteiger partial charge in [-0.2, -0.15) is 0 Å². The van der Waals surface area contributed by atoms with Crippen molar-refractivity contribution in [1.82, 2.24) is 0 Å².